The molecule has 1 aliphatic heterocycles. The van der Waals surface area contributed by atoms with Crippen molar-refractivity contribution in [2.45, 2.75) is 20.4 Å². The third-order valence-corrected chi connectivity index (χ3v) is 5.72. The summed E-state index contributed by atoms with van der Waals surface area (Å²) in [6.07, 6.45) is 1.95. The van der Waals surface area contributed by atoms with Crippen LogP contribution in [0.4, 0.5) is 11.6 Å². The molecule has 0 amide bonds. The van der Waals surface area contributed by atoms with Gasteiger partial charge in [0.05, 0.1) is 6.54 Å². The van der Waals surface area contributed by atoms with Crippen LogP contribution < -0.4 is 5.32 Å². The van der Waals surface area contributed by atoms with Crippen molar-refractivity contribution in [1.29, 1.82) is 0 Å². The summed E-state index contributed by atoms with van der Waals surface area (Å²) in [5.41, 5.74) is 4.60. The number of hydrogen-bond donors (Lipinski definition) is 1. The van der Waals surface area contributed by atoms with E-state index in [1.165, 1.54) is 26.1 Å². The number of nitrogens with one attached hydrogen (secondary N) is 1. The quantitative estimate of drug-likeness (QED) is 0.548. The van der Waals surface area contributed by atoms with Gasteiger partial charge >= 0.3 is 0 Å². The summed E-state index contributed by atoms with van der Waals surface area (Å²) in [4.78, 5) is 18.8. The third-order valence-electron chi connectivity index (χ3n) is 4.57. The van der Waals surface area contributed by atoms with Crippen molar-refractivity contribution in [2.75, 3.05) is 5.32 Å². The second-order valence-electron chi connectivity index (χ2n) is 6.59. The van der Waals surface area contributed by atoms with E-state index in [9.17, 15) is 0 Å². The number of anilines is 2. The molecule has 2 aromatic heterocycles. The molecular weight excluding hydrogens is 354 g/mol. The molecule has 0 spiro atoms. The zero-order valence-electron chi connectivity index (χ0n) is 15.0. The summed E-state index contributed by atoms with van der Waals surface area (Å²) < 4.78 is 1.29. The molecule has 0 saturated carbocycles. The van der Waals surface area contributed by atoms with E-state index in [0.29, 0.717) is 17.6 Å². The SMILES string of the molecule is Cc1nc(C)nc(Nc2cc3c(c(-c4cc5ccccc5s4)c2)CN=C3)n1. The van der Waals surface area contributed by atoms with Gasteiger partial charge in [0, 0.05) is 27.0 Å². The Labute approximate surface area is 160 Å². The first-order valence-corrected chi connectivity index (χ1v) is 9.59. The molecule has 4 aromatic rings. The number of hydrogen-bond acceptors (Lipinski definition) is 6. The number of fused-ring (bicyclic) bond motifs is 2. The highest BCUT2D eigenvalue weighted by Gasteiger charge is 2.17. The largest absolute Gasteiger partial charge is 0.324 e. The molecule has 1 aliphatic rings. The van der Waals surface area contributed by atoms with Crippen molar-refractivity contribution >= 4 is 39.3 Å². The van der Waals surface area contributed by atoms with Gasteiger partial charge in [0.25, 0.3) is 0 Å². The molecule has 27 heavy (non-hydrogen) atoms. The molecule has 2 aromatic carbocycles. The molecule has 1 N–H and O–H groups in total. The van der Waals surface area contributed by atoms with Crippen molar-refractivity contribution in [2.24, 2.45) is 4.99 Å². The van der Waals surface area contributed by atoms with Gasteiger partial charge < -0.3 is 5.32 Å². The third kappa shape index (κ3) is 2.98. The van der Waals surface area contributed by atoms with Crippen molar-refractivity contribution in [3.63, 3.8) is 0 Å². The van der Waals surface area contributed by atoms with Crippen LogP contribution in [0.2, 0.25) is 0 Å². The minimum atomic E-state index is 0.567. The Morgan fingerprint density at radius 2 is 1.78 bits per heavy atom. The van der Waals surface area contributed by atoms with Gasteiger partial charge in [-0.1, -0.05) is 18.2 Å². The fourth-order valence-electron chi connectivity index (χ4n) is 3.43. The number of aromatic nitrogens is 3. The molecule has 0 saturated heterocycles. The van der Waals surface area contributed by atoms with Gasteiger partial charge in [0.2, 0.25) is 5.95 Å². The average molecular weight is 371 g/mol. The summed E-state index contributed by atoms with van der Waals surface area (Å²) >= 11 is 1.81. The van der Waals surface area contributed by atoms with E-state index in [0.717, 1.165) is 17.8 Å². The van der Waals surface area contributed by atoms with Crippen molar-refractivity contribution in [1.82, 2.24) is 15.0 Å². The molecule has 0 atom stereocenters. The maximum atomic E-state index is 4.48. The average Bonchev–Trinajstić information content (AvgIpc) is 3.26. The lowest BCUT2D eigenvalue weighted by molar-refractivity contribution is 0.928. The zero-order valence-corrected chi connectivity index (χ0v) is 15.8. The fraction of sp³-hybridized carbons (Fsp3) is 0.143. The number of nitrogens with zero attached hydrogens (tertiary/aromatic N) is 4. The minimum absolute atomic E-state index is 0.567. The molecule has 0 unspecified atom stereocenters. The van der Waals surface area contributed by atoms with Gasteiger partial charge in [-0.15, -0.1) is 11.3 Å². The Morgan fingerprint density at radius 1 is 0.963 bits per heavy atom. The van der Waals surface area contributed by atoms with Crippen LogP contribution in [0.25, 0.3) is 20.5 Å². The molecule has 0 fully saturated rings. The van der Waals surface area contributed by atoms with E-state index in [4.69, 9.17) is 0 Å². The Kier molecular flexibility index (Phi) is 3.72. The molecule has 5 nitrogen and oxygen atoms in total. The first-order chi connectivity index (χ1) is 13.2. The Morgan fingerprint density at radius 3 is 2.59 bits per heavy atom. The lowest BCUT2D eigenvalue weighted by Crippen LogP contribution is -2.03. The van der Waals surface area contributed by atoms with Crippen molar-refractivity contribution in [3.8, 4) is 10.4 Å². The highest BCUT2D eigenvalue weighted by atomic mass is 32.1. The summed E-state index contributed by atoms with van der Waals surface area (Å²) in [7, 11) is 0. The topological polar surface area (TPSA) is 63.1 Å². The number of benzene rings is 2. The van der Waals surface area contributed by atoms with E-state index in [1.807, 2.05) is 31.4 Å². The maximum absolute atomic E-state index is 4.48. The maximum Gasteiger partial charge on any atom is 0.230 e. The van der Waals surface area contributed by atoms with Gasteiger partial charge in [-0.05, 0) is 54.6 Å². The van der Waals surface area contributed by atoms with Crippen LogP contribution in [0.3, 0.4) is 0 Å². The highest BCUT2D eigenvalue weighted by Crippen LogP contribution is 2.39. The van der Waals surface area contributed by atoms with Crippen LogP contribution in [-0.2, 0) is 6.54 Å². The first kappa shape index (κ1) is 16.1. The molecule has 0 bridgehead atoms. The summed E-state index contributed by atoms with van der Waals surface area (Å²) in [6.45, 7) is 4.47. The smallest absolute Gasteiger partial charge is 0.230 e. The predicted octanol–water partition coefficient (Wildman–Crippen LogP) is 5.05. The molecule has 6 heteroatoms. The Balaban J connectivity index is 1.61. The lowest BCUT2D eigenvalue weighted by atomic mass is 10.0. The molecular formula is C21H17N5S. The lowest BCUT2D eigenvalue weighted by Gasteiger charge is -2.11. The molecule has 0 aliphatic carbocycles. The summed E-state index contributed by atoms with van der Waals surface area (Å²) in [5.74, 6) is 1.98. The van der Waals surface area contributed by atoms with Crippen LogP contribution in [0, 0.1) is 13.8 Å². The van der Waals surface area contributed by atoms with Crippen LogP contribution in [0.15, 0.2) is 47.5 Å². The number of rotatable bonds is 3. The molecule has 3 heterocycles. The number of thiophene rings is 1. The number of aliphatic imine (C=N–C) groups is 1. The second-order valence-corrected chi connectivity index (χ2v) is 7.67. The minimum Gasteiger partial charge on any atom is -0.324 e. The van der Waals surface area contributed by atoms with Gasteiger partial charge in [-0.2, -0.15) is 9.97 Å². The molecule has 5 rings (SSSR count). The molecule has 132 valence electrons. The van der Waals surface area contributed by atoms with E-state index in [-0.39, 0.29) is 0 Å². The van der Waals surface area contributed by atoms with Crippen molar-refractivity contribution < 1.29 is 0 Å². The second kappa shape index (κ2) is 6.25. The summed E-state index contributed by atoms with van der Waals surface area (Å²) in [6, 6.07) is 15.0. The van der Waals surface area contributed by atoms with E-state index in [1.54, 1.807) is 0 Å². The Hall–Kier alpha value is -3.12. The van der Waals surface area contributed by atoms with Gasteiger partial charge in [0.15, 0.2) is 0 Å². The first-order valence-electron chi connectivity index (χ1n) is 8.78. The zero-order chi connectivity index (χ0) is 18.4. The van der Waals surface area contributed by atoms with Crippen LogP contribution in [0.5, 0.6) is 0 Å². The Bertz CT molecular complexity index is 1160. The number of aryl methyl sites for hydroxylation is 2. The van der Waals surface area contributed by atoms with Gasteiger partial charge in [-0.25, -0.2) is 4.98 Å². The van der Waals surface area contributed by atoms with Gasteiger partial charge in [0.1, 0.15) is 11.6 Å². The fourth-order valence-corrected chi connectivity index (χ4v) is 4.53. The predicted molar refractivity (Wildman–Crippen MR) is 111 cm³/mol. The van der Waals surface area contributed by atoms with E-state index < -0.39 is 0 Å². The van der Waals surface area contributed by atoms with E-state index in [2.05, 4.69) is 67.7 Å². The van der Waals surface area contributed by atoms with Crippen LogP contribution in [-0.4, -0.2) is 21.2 Å². The standard InChI is InChI=1S/C21H17N5S/c1-12-23-13(2)25-21(24-12)26-16-7-15-10-22-11-18(15)17(9-16)20-8-14-5-3-4-6-19(14)27-20/h3-10H,11H2,1-2H3,(H,23,24,25,26). The van der Waals surface area contributed by atoms with Crippen LogP contribution in [0.1, 0.15) is 22.8 Å². The summed E-state index contributed by atoms with van der Waals surface area (Å²) in [5, 5.41) is 4.61. The normalized spacial score (nSPS) is 12.5. The highest BCUT2D eigenvalue weighted by molar-refractivity contribution is 7.22. The van der Waals surface area contributed by atoms with Crippen molar-refractivity contribution in [3.05, 3.63) is 65.2 Å². The van der Waals surface area contributed by atoms with E-state index >= 15 is 0 Å². The monoisotopic (exact) mass is 371 g/mol. The molecule has 0 radical (unpaired) electrons. The van der Waals surface area contributed by atoms with Gasteiger partial charge in [-0.3, -0.25) is 4.99 Å². The van der Waals surface area contributed by atoms with Crippen LogP contribution >= 0.6 is 11.3 Å².